The number of carbonyl (C=O) groups is 1. The van der Waals surface area contributed by atoms with Crippen molar-refractivity contribution in [1.82, 2.24) is 5.32 Å². The number of hydrogen-bond donors (Lipinski definition) is 4. The summed E-state index contributed by atoms with van der Waals surface area (Å²) in [5, 5.41) is 21.5. The van der Waals surface area contributed by atoms with Gasteiger partial charge in [0.1, 0.15) is 11.5 Å². The Morgan fingerprint density at radius 3 is 2.50 bits per heavy atom. The molecule has 2 aromatic rings. The molecule has 0 spiro atoms. The molecule has 1 amide bonds. The van der Waals surface area contributed by atoms with Gasteiger partial charge in [0.05, 0.1) is 5.56 Å². The largest absolute Gasteiger partial charge is 0.508 e. The number of benzene rings is 2. The van der Waals surface area contributed by atoms with Crippen LogP contribution in [0.1, 0.15) is 15.9 Å². The van der Waals surface area contributed by atoms with Crippen LogP contribution >= 0.6 is 0 Å². The summed E-state index contributed by atoms with van der Waals surface area (Å²) in [6, 6.07) is 11.1. The third-order valence-electron chi connectivity index (χ3n) is 2.90. The van der Waals surface area contributed by atoms with Crippen molar-refractivity contribution in [3.63, 3.8) is 0 Å². The molecule has 0 fully saturated rings. The van der Waals surface area contributed by atoms with E-state index in [2.05, 4.69) is 5.32 Å². The summed E-state index contributed by atoms with van der Waals surface area (Å²) in [5.74, 6) is -0.252. The highest BCUT2D eigenvalue weighted by molar-refractivity contribution is 5.97. The number of aromatic hydroxyl groups is 2. The molecule has 0 saturated heterocycles. The number of nitrogens with two attached hydrogens (primary N) is 1. The lowest BCUT2D eigenvalue weighted by molar-refractivity contribution is 0.0951. The number of rotatable bonds is 4. The van der Waals surface area contributed by atoms with Gasteiger partial charge in [0.2, 0.25) is 0 Å². The maximum atomic E-state index is 11.9. The Kier molecular flexibility index (Phi) is 4.10. The van der Waals surface area contributed by atoms with Crippen LogP contribution in [0, 0.1) is 0 Å². The number of phenolic OH excluding ortho intramolecular Hbond substituents is 2. The van der Waals surface area contributed by atoms with E-state index in [0.29, 0.717) is 18.7 Å². The van der Waals surface area contributed by atoms with Gasteiger partial charge in [-0.3, -0.25) is 4.79 Å². The number of carbonyl (C=O) groups excluding carboxylic acids is 1. The van der Waals surface area contributed by atoms with E-state index in [1.165, 1.54) is 18.2 Å². The second kappa shape index (κ2) is 5.97. The van der Waals surface area contributed by atoms with E-state index >= 15 is 0 Å². The first-order chi connectivity index (χ1) is 9.56. The molecule has 20 heavy (non-hydrogen) atoms. The summed E-state index contributed by atoms with van der Waals surface area (Å²) in [7, 11) is 0. The van der Waals surface area contributed by atoms with Crippen molar-refractivity contribution in [3.8, 4) is 11.5 Å². The normalized spacial score (nSPS) is 10.2. The average Bonchev–Trinajstić information content (AvgIpc) is 2.43. The highest BCUT2D eigenvalue weighted by atomic mass is 16.3. The van der Waals surface area contributed by atoms with Crippen LogP contribution < -0.4 is 11.1 Å². The molecule has 0 aliphatic heterocycles. The summed E-state index contributed by atoms with van der Waals surface area (Å²) in [4.78, 5) is 11.9. The van der Waals surface area contributed by atoms with E-state index in [1.807, 2.05) is 0 Å². The van der Waals surface area contributed by atoms with Gasteiger partial charge in [0.25, 0.3) is 5.91 Å². The van der Waals surface area contributed by atoms with Crippen molar-refractivity contribution < 1.29 is 15.0 Å². The van der Waals surface area contributed by atoms with Gasteiger partial charge in [-0.1, -0.05) is 12.1 Å². The standard InChI is InChI=1S/C15H16N2O3/c16-11-3-6-14(19)13(9-11)15(20)17-8-7-10-1-4-12(18)5-2-10/h1-6,9,18-19H,7-8,16H2,(H,17,20). The number of anilines is 1. The minimum Gasteiger partial charge on any atom is -0.508 e. The molecule has 5 nitrogen and oxygen atoms in total. The van der Waals surface area contributed by atoms with Crippen LogP contribution in [0.3, 0.4) is 0 Å². The third kappa shape index (κ3) is 3.41. The molecule has 0 aromatic heterocycles. The van der Waals surface area contributed by atoms with Crippen molar-refractivity contribution >= 4 is 11.6 Å². The minimum absolute atomic E-state index is 0.0960. The van der Waals surface area contributed by atoms with Crippen molar-refractivity contribution in [3.05, 3.63) is 53.6 Å². The number of amides is 1. The van der Waals surface area contributed by atoms with Gasteiger partial charge in [0, 0.05) is 12.2 Å². The van der Waals surface area contributed by atoms with Gasteiger partial charge in [-0.15, -0.1) is 0 Å². The maximum Gasteiger partial charge on any atom is 0.255 e. The SMILES string of the molecule is Nc1ccc(O)c(C(=O)NCCc2ccc(O)cc2)c1. The lowest BCUT2D eigenvalue weighted by Gasteiger charge is -2.07. The van der Waals surface area contributed by atoms with E-state index in [4.69, 9.17) is 10.8 Å². The summed E-state index contributed by atoms with van der Waals surface area (Å²) in [5.41, 5.74) is 7.17. The van der Waals surface area contributed by atoms with Crippen molar-refractivity contribution in [2.24, 2.45) is 0 Å². The Labute approximate surface area is 116 Å². The summed E-state index contributed by atoms with van der Waals surface area (Å²) < 4.78 is 0. The molecular weight excluding hydrogens is 256 g/mol. The second-order valence-corrected chi connectivity index (χ2v) is 4.45. The van der Waals surface area contributed by atoms with E-state index in [9.17, 15) is 9.90 Å². The fourth-order valence-electron chi connectivity index (χ4n) is 1.81. The molecule has 0 aliphatic rings. The van der Waals surface area contributed by atoms with Gasteiger partial charge in [0.15, 0.2) is 0 Å². The predicted octanol–water partition coefficient (Wildman–Crippen LogP) is 1.65. The van der Waals surface area contributed by atoms with Crippen LogP contribution in [0.25, 0.3) is 0 Å². The molecule has 0 aliphatic carbocycles. The van der Waals surface area contributed by atoms with Crippen molar-refractivity contribution in [2.45, 2.75) is 6.42 Å². The Morgan fingerprint density at radius 1 is 1.10 bits per heavy atom. The average molecular weight is 272 g/mol. The number of hydrogen-bond acceptors (Lipinski definition) is 4. The van der Waals surface area contributed by atoms with Crippen LogP contribution in [-0.4, -0.2) is 22.7 Å². The smallest absolute Gasteiger partial charge is 0.255 e. The molecule has 0 heterocycles. The van der Waals surface area contributed by atoms with Crippen LogP contribution in [0.5, 0.6) is 11.5 Å². The topological polar surface area (TPSA) is 95.6 Å². The monoisotopic (exact) mass is 272 g/mol. The lowest BCUT2D eigenvalue weighted by atomic mass is 10.1. The molecule has 2 aromatic carbocycles. The van der Waals surface area contributed by atoms with Gasteiger partial charge >= 0.3 is 0 Å². The van der Waals surface area contributed by atoms with E-state index < -0.39 is 0 Å². The van der Waals surface area contributed by atoms with Crippen LogP contribution in [0.15, 0.2) is 42.5 Å². The maximum absolute atomic E-state index is 11.9. The van der Waals surface area contributed by atoms with Crippen LogP contribution in [0.2, 0.25) is 0 Å². The second-order valence-electron chi connectivity index (χ2n) is 4.45. The van der Waals surface area contributed by atoms with Gasteiger partial charge < -0.3 is 21.3 Å². The quantitative estimate of drug-likeness (QED) is 0.502. The Morgan fingerprint density at radius 2 is 1.80 bits per heavy atom. The molecule has 5 N–H and O–H groups in total. The first kappa shape index (κ1) is 13.7. The Bertz CT molecular complexity index is 609. The first-order valence-electron chi connectivity index (χ1n) is 6.21. The molecule has 0 atom stereocenters. The third-order valence-corrected chi connectivity index (χ3v) is 2.90. The zero-order chi connectivity index (χ0) is 14.5. The zero-order valence-corrected chi connectivity index (χ0v) is 10.8. The minimum atomic E-state index is -0.367. The zero-order valence-electron chi connectivity index (χ0n) is 10.8. The molecule has 104 valence electrons. The fourth-order valence-corrected chi connectivity index (χ4v) is 1.81. The van der Waals surface area contributed by atoms with Gasteiger partial charge in [-0.05, 0) is 42.3 Å². The highest BCUT2D eigenvalue weighted by Gasteiger charge is 2.10. The highest BCUT2D eigenvalue weighted by Crippen LogP contribution is 2.19. The molecule has 0 radical (unpaired) electrons. The summed E-state index contributed by atoms with van der Waals surface area (Å²) >= 11 is 0. The fraction of sp³-hybridized carbons (Fsp3) is 0.133. The lowest BCUT2D eigenvalue weighted by Crippen LogP contribution is -2.25. The van der Waals surface area contributed by atoms with Crippen LogP contribution in [0.4, 0.5) is 5.69 Å². The Hall–Kier alpha value is -2.69. The number of nitrogen functional groups attached to an aromatic ring is 1. The van der Waals surface area contributed by atoms with Crippen LogP contribution in [-0.2, 0) is 6.42 Å². The van der Waals surface area contributed by atoms with E-state index in [1.54, 1.807) is 24.3 Å². The molecule has 0 unspecified atom stereocenters. The summed E-state index contributed by atoms with van der Waals surface area (Å²) in [6.45, 7) is 0.428. The molecule has 0 bridgehead atoms. The molecular formula is C15H16N2O3. The molecule has 5 heteroatoms. The number of nitrogens with one attached hydrogen (secondary N) is 1. The predicted molar refractivity (Wildman–Crippen MR) is 76.7 cm³/mol. The Balaban J connectivity index is 1.92. The van der Waals surface area contributed by atoms with E-state index in [0.717, 1.165) is 5.56 Å². The van der Waals surface area contributed by atoms with E-state index in [-0.39, 0.29) is 23.0 Å². The molecule has 0 saturated carbocycles. The van der Waals surface area contributed by atoms with Gasteiger partial charge in [-0.2, -0.15) is 0 Å². The molecule has 2 rings (SSSR count). The van der Waals surface area contributed by atoms with Gasteiger partial charge in [-0.25, -0.2) is 0 Å². The van der Waals surface area contributed by atoms with Crippen molar-refractivity contribution in [2.75, 3.05) is 12.3 Å². The first-order valence-corrected chi connectivity index (χ1v) is 6.21. The number of phenols is 2. The van der Waals surface area contributed by atoms with Crippen molar-refractivity contribution in [1.29, 1.82) is 0 Å². The summed E-state index contributed by atoms with van der Waals surface area (Å²) in [6.07, 6.45) is 0.634.